The summed E-state index contributed by atoms with van der Waals surface area (Å²) in [6, 6.07) is 18.2. The van der Waals surface area contributed by atoms with Crippen molar-refractivity contribution in [1.29, 1.82) is 0 Å². The maximum Gasteiger partial charge on any atom is 0.223 e. The topological polar surface area (TPSA) is 49.6 Å². The maximum atomic E-state index is 12.4. The molecule has 4 nitrogen and oxygen atoms in total. The Balaban J connectivity index is 1.48. The largest absolute Gasteiger partial charge is 0.399 e. The molecular weight excluding hydrogens is 286 g/mol. The second-order valence-corrected chi connectivity index (χ2v) is 5.95. The zero-order valence-corrected chi connectivity index (χ0v) is 13.3. The van der Waals surface area contributed by atoms with Crippen molar-refractivity contribution < 1.29 is 4.79 Å². The van der Waals surface area contributed by atoms with Crippen molar-refractivity contribution in [3.8, 4) is 0 Å². The second-order valence-electron chi connectivity index (χ2n) is 5.95. The molecule has 2 aromatic rings. The highest BCUT2D eigenvalue weighted by Crippen LogP contribution is 2.16. The van der Waals surface area contributed by atoms with E-state index in [0.717, 1.165) is 43.9 Å². The lowest BCUT2D eigenvalue weighted by molar-refractivity contribution is -0.131. The van der Waals surface area contributed by atoms with Gasteiger partial charge in [0.1, 0.15) is 0 Å². The summed E-state index contributed by atoms with van der Waals surface area (Å²) >= 11 is 0. The van der Waals surface area contributed by atoms with E-state index >= 15 is 0 Å². The molecule has 0 aromatic heterocycles. The van der Waals surface area contributed by atoms with Gasteiger partial charge < -0.3 is 15.5 Å². The molecule has 0 atom stereocenters. The van der Waals surface area contributed by atoms with Gasteiger partial charge in [-0.3, -0.25) is 4.79 Å². The first-order valence-corrected chi connectivity index (χ1v) is 8.14. The van der Waals surface area contributed by atoms with Crippen LogP contribution in [0.2, 0.25) is 0 Å². The van der Waals surface area contributed by atoms with Crippen LogP contribution in [0.1, 0.15) is 12.0 Å². The van der Waals surface area contributed by atoms with Crippen molar-refractivity contribution in [3.05, 3.63) is 60.2 Å². The molecule has 0 spiro atoms. The molecule has 0 saturated carbocycles. The van der Waals surface area contributed by atoms with Crippen molar-refractivity contribution >= 4 is 17.3 Å². The van der Waals surface area contributed by atoms with E-state index in [2.05, 4.69) is 29.2 Å². The predicted octanol–water partition coefficient (Wildman–Crippen LogP) is 2.55. The van der Waals surface area contributed by atoms with Gasteiger partial charge in [0, 0.05) is 44.0 Å². The highest BCUT2D eigenvalue weighted by molar-refractivity contribution is 5.76. The first-order valence-electron chi connectivity index (χ1n) is 8.14. The van der Waals surface area contributed by atoms with Crippen LogP contribution in [0.5, 0.6) is 0 Å². The van der Waals surface area contributed by atoms with E-state index in [-0.39, 0.29) is 5.91 Å². The van der Waals surface area contributed by atoms with Crippen LogP contribution in [0, 0.1) is 0 Å². The monoisotopic (exact) mass is 309 g/mol. The molecule has 1 aliphatic rings. The Bertz CT molecular complexity index is 649. The molecule has 2 aromatic carbocycles. The van der Waals surface area contributed by atoms with E-state index in [1.165, 1.54) is 5.69 Å². The standard InChI is InChI=1S/C19H23N3O/c20-17-6-4-5-16(15-17)9-10-19(23)22-13-11-21(12-14-22)18-7-2-1-3-8-18/h1-8,15H,9-14,20H2. The van der Waals surface area contributed by atoms with E-state index < -0.39 is 0 Å². The van der Waals surface area contributed by atoms with Crippen LogP contribution in [-0.4, -0.2) is 37.0 Å². The summed E-state index contributed by atoms with van der Waals surface area (Å²) in [4.78, 5) is 16.7. The summed E-state index contributed by atoms with van der Waals surface area (Å²) in [6.45, 7) is 3.39. The molecule has 4 heteroatoms. The van der Waals surface area contributed by atoms with Crippen molar-refractivity contribution in [2.45, 2.75) is 12.8 Å². The van der Waals surface area contributed by atoms with Crippen LogP contribution in [0.15, 0.2) is 54.6 Å². The van der Waals surface area contributed by atoms with Crippen LogP contribution in [0.3, 0.4) is 0 Å². The number of aryl methyl sites for hydroxylation is 1. The molecule has 0 unspecified atom stereocenters. The zero-order chi connectivity index (χ0) is 16.1. The van der Waals surface area contributed by atoms with Gasteiger partial charge >= 0.3 is 0 Å². The van der Waals surface area contributed by atoms with Crippen molar-refractivity contribution in [3.63, 3.8) is 0 Å². The first kappa shape index (κ1) is 15.4. The minimum absolute atomic E-state index is 0.236. The number of hydrogen-bond donors (Lipinski definition) is 1. The summed E-state index contributed by atoms with van der Waals surface area (Å²) in [6.07, 6.45) is 1.30. The number of amides is 1. The van der Waals surface area contributed by atoms with Gasteiger partial charge in [0.15, 0.2) is 0 Å². The van der Waals surface area contributed by atoms with Crippen molar-refractivity contribution in [1.82, 2.24) is 4.90 Å². The summed E-state index contributed by atoms with van der Waals surface area (Å²) in [5.41, 5.74) is 8.90. The second kappa shape index (κ2) is 7.18. The molecule has 0 radical (unpaired) electrons. The number of hydrogen-bond acceptors (Lipinski definition) is 3. The lowest BCUT2D eigenvalue weighted by Crippen LogP contribution is -2.48. The number of anilines is 2. The number of para-hydroxylation sites is 1. The molecule has 0 aliphatic carbocycles. The number of nitrogen functional groups attached to an aromatic ring is 1. The third kappa shape index (κ3) is 4.03. The third-order valence-electron chi connectivity index (χ3n) is 4.33. The van der Waals surface area contributed by atoms with E-state index in [1.54, 1.807) is 0 Å². The molecule has 1 heterocycles. The Labute approximate surface area is 137 Å². The quantitative estimate of drug-likeness (QED) is 0.883. The van der Waals surface area contributed by atoms with Gasteiger partial charge in [-0.25, -0.2) is 0 Å². The lowest BCUT2D eigenvalue weighted by atomic mass is 10.1. The Morgan fingerprint density at radius 2 is 1.70 bits per heavy atom. The van der Waals surface area contributed by atoms with Gasteiger partial charge in [0.2, 0.25) is 5.91 Å². The number of nitrogens with zero attached hydrogens (tertiary/aromatic N) is 2. The van der Waals surface area contributed by atoms with Crippen LogP contribution in [0.25, 0.3) is 0 Å². The molecule has 23 heavy (non-hydrogen) atoms. The zero-order valence-electron chi connectivity index (χ0n) is 13.3. The molecule has 1 fully saturated rings. The lowest BCUT2D eigenvalue weighted by Gasteiger charge is -2.36. The number of benzene rings is 2. The minimum Gasteiger partial charge on any atom is -0.399 e. The highest BCUT2D eigenvalue weighted by atomic mass is 16.2. The average Bonchev–Trinajstić information content (AvgIpc) is 2.61. The van der Waals surface area contributed by atoms with Gasteiger partial charge in [0.25, 0.3) is 0 Å². The third-order valence-corrected chi connectivity index (χ3v) is 4.33. The molecule has 1 amide bonds. The molecular formula is C19H23N3O. The molecule has 1 aliphatic heterocycles. The van der Waals surface area contributed by atoms with Crippen LogP contribution < -0.4 is 10.6 Å². The predicted molar refractivity (Wildman–Crippen MR) is 94.4 cm³/mol. The van der Waals surface area contributed by atoms with Gasteiger partial charge in [-0.2, -0.15) is 0 Å². The van der Waals surface area contributed by atoms with Crippen LogP contribution in [0.4, 0.5) is 11.4 Å². The van der Waals surface area contributed by atoms with E-state index in [0.29, 0.717) is 6.42 Å². The number of piperazine rings is 1. The summed E-state index contributed by atoms with van der Waals surface area (Å²) in [5.74, 6) is 0.236. The van der Waals surface area contributed by atoms with Gasteiger partial charge in [-0.05, 0) is 36.2 Å². The van der Waals surface area contributed by atoms with Gasteiger partial charge in [0.05, 0.1) is 0 Å². The average molecular weight is 309 g/mol. The van der Waals surface area contributed by atoms with Crippen LogP contribution >= 0.6 is 0 Å². The van der Waals surface area contributed by atoms with E-state index in [4.69, 9.17) is 5.73 Å². The van der Waals surface area contributed by atoms with E-state index in [9.17, 15) is 4.79 Å². The fourth-order valence-corrected chi connectivity index (χ4v) is 3.01. The fraction of sp³-hybridized carbons (Fsp3) is 0.316. The number of carbonyl (C=O) groups excluding carboxylic acids is 1. The minimum atomic E-state index is 0.236. The highest BCUT2D eigenvalue weighted by Gasteiger charge is 2.20. The number of carbonyl (C=O) groups is 1. The summed E-state index contributed by atoms with van der Waals surface area (Å²) in [5, 5.41) is 0. The SMILES string of the molecule is Nc1cccc(CCC(=O)N2CCN(c3ccccc3)CC2)c1. The van der Waals surface area contributed by atoms with E-state index in [1.807, 2.05) is 35.2 Å². The van der Waals surface area contributed by atoms with Gasteiger partial charge in [-0.15, -0.1) is 0 Å². The smallest absolute Gasteiger partial charge is 0.223 e. The normalized spacial score (nSPS) is 14.8. The Hall–Kier alpha value is -2.49. The van der Waals surface area contributed by atoms with Gasteiger partial charge in [-0.1, -0.05) is 30.3 Å². The first-order chi connectivity index (χ1) is 11.2. The molecule has 0 bridgehead atoms. The molecule has 2 N–H and O–H groups in total. The number of nitrogens with two attached hydrogens (primary N) is 1. The molecule has 3 rings (SSSR count). The Kier molecular flexibility index (Phi) is 4.81. The van der Waals surface area contributed by atoms with Crippen LogP contribution in [-0.2, 0) is 11.2 Å². The van der Waals surface area contributed by atoms with Crippen molar-refractivity contribution in [2.24, 2.45) is 0 Å². The summed E-state index contributed by atoms with van der Waals surface area (Å²) in [7, 11) is 0. The Morgan fingerprint density at radius 1 is 0.957 bits per heavy atom. The van der Waals surface area contributed by atoms with Crippen molar-refractivity contribution in [2.75, 3.05) is 36.8 Å². The number of rotatable bonds is 4. The molecule has 1 saturated heterocycles. The summed E-state index contributed by atoms with van der Waals surface area (Å²) < 4.78 is 0. The Morgan fingerprint density at radius 3 is 2.39 bits per heavy atom. The fourth-order valence-electron chi connectivity index (χ4n) is 3.01. The molecule has 120 valence electrons. The maximum absolute atomic E-state index is 12.4.